The van der Waals surface area contributed by atoms with Gasteiger partial charge in [0.2, 0.25) is 5.91 Å². The van der Waals surface area contributed by atoms with E-state index < -0.39 is 17.8 Å². The predicted molar refractivity (Wildman–Crippen MR) is 107 cm³/mol. The second-order valence-electron chi connectivity index (χ2n) is 6.61. The van der Waals surface area contributed by atoms with Crippen LogP contribution in [0.1, 0.15) is 19.4 Å². The molecule has 0 heterocycles. The average Bonchev–Trinajstić information content (AvgIpc) is 2.66. The van der Waals surface area contributed by atoms with Crippen molar-refractivity contribution in [1.82, 2.24) is 0 Å². The van der Waals surface area contributed by atoms with Gasteiger partial charge < -0.3 is 20.1 Å². The molecular formula is C20H22ClF3N2O3. The largest absolute Gasteiger partial charge is 0.497 e. The van der Waals surface area contributed by atoms with Crippen LogP contribution in [0.3, 0.4) is 0 Å². The summed E-state index contributed by atoms with van der Waals surface area (Å²) >= 11 is 6.00. The molecule has 1 amide bonds. The van der Waals surface area contributed by atoms with E-state index in [1.54, 1.807) is 32.0 Å². The van der Waals surface area contributed by atoms with Gasteiger partial charge in [0, 0.05) is 6.07 Å². The molecule has 0 bridgehead atoms. The van der Waals surface area contributed by atoms with Crippen LogP contribution in [-0.4, -0.2) is 26.2 Å². The Hall–Kier alpha value is -2.61. The number of alkyl halides is 3. The van der Waals surface area contributed by atoms with Crippen molar-refractivity contribution < 1.29 is 27.4 Å². The van der Waals surface area contributed by atoms with E-state index in [9.17, 15) is 18.0 Å². The molecule has 0 radical (unpaired) electrons. The fourth-order valence-corrected chi connectivity index (χ4v) is 2.86. The highest BCUT2D eigenvalue weighted by Gasteiger charge is 2.31. The van der Waals surface area contributed by atoms with Gasteiger partial charge in [-0.1, -0.05) is 25.4 Å². The lowest BCUT2D eigenvalue weighted by Gasteiger charge is -2.24. The van der Waals surface area contributed by atoms with Crippen LogP contribution in [-0.2, 0) is 11.0 Å². The molecule has 29 heavy (non-hydrogen) atoms. The summed E-state index contributed by atoms with van der Waals surface area (Å²) in [6.07, 6.45) is -4.50. The minimum atomic E-state index is -4.50. The van der Waals surface area contributed by atoms with E-state index in [0.717, 1.165) is 12.1 Å². The maximum Gasteiger partial charge on any atom is 0.416 e. The van der Waals surface area contributed by atoms with E-state index in [-0.39, 0.29) is 22.5 Å². The number of nitrogens with one attached hydrogen (secondary N) is 2. The topological polar surface area (TPSA) is 59.6 Å². The Kier molecular flexibility index (Phi) is 7.24. The highest BCUT2D eigenvalue weighted by atomic mass is 35.5. The van der Waals surface area contributed by atoms with Crippen LogP contribution in [0, 0.1) is 5.92 Å². The number of amides is 1. The minimum absolute atomic E-state index is 0.125. The van der Waals surface area contributed by atoms with E-state index in [1.807, 2.05) is 0 Å². The monoisotopic (exact) mass is 430 g/mol. The normalized spacial score (nSPS) is 12.4. The number of ether oxygens (including phenoxy) is 2. The number of methoxy groups -OCH3 is 2. The lowest BCUT2D eigenvalue weighted by Crippen LogP contribution is -2.39. The van der Waals surface area contributed by atoms with Gasteiger partial charge in [0.1, 0.15) is 17.5 Å². The first-order valence-electron chi connectivity index (χ1n) is 8.73. The Balaban J connectivity index is 2.23. The van der Waals surface area contributed by atoms with Gasteiger partial charge in [-0.15, -0.1) is 0 Å². The fourth-order valence-electron chi connectivity index (χ4n) is 2.62. The maximum absolute atomic E-state index is 12.8. The standard InChI is InChI=1S/C20H22ClF3N2O3/c1-11(2)18(25-15-7-5-12(9-14(15)21)20(22,23)24)19(27)26-16-8-6-13(28-3)10-17(16)29-4/h5-11,18,25H,1-4H3,(H,26,27)/t18-/m1/s1. The van der Waals surface area contributed by atoms with Crippen molar-refractivity contribution in [2.24, 2.45) is 5.92 Å². The molecule has 0 aliphatic rings. The number of benzene rings is 2. The smallest absolute Gasteiger partial charge is 0.416 e. The summed E-state index contributed by atoms with van der Waals surface area (Å²) in [5, 5.41) is 5.57. The Morgan fingerprint density at radius 3 is 2.21 bits per heavy atom. The molecule has 0 unspecified atom stereocenters. The first-order valence-corrected chi connectivity index (χ1v) is 9.10. The molecule has 0 spiro atoms. The molecule has 0 saturated carbocycles. The Morgan fingerprint density at radius 1 is 1.03 bits per heavy atom. The molecule has 0 aliphatic carbocycles. The van der Waals surface area contributed by atoms with Gasteiger partial charge >= 0.3 is 6.18 Å². The molecule has 158 valence electrons. The Morgan fingerprint density at radius 2 is 1.69 bits per heavy atom. The zero-order chi connectivity index (χ0) is 21.8. The summed E-state index contributed by atoms with van der Waals surface area (Å²) in [7, 11) is 2.98. The van der Waals surface area contributed by atoms with Crippen LogP contribution in [0.5, 0.6) is 11.5 Å². The van der Waals surface area contributed by atoms with Crippen molar-refractivity contribution in [2.75, 3.05) is 24.9 Å². The summed E-state index contributed by atoms with van der Waals surface area (Å²) in [5.74, 6) is 0.403. The summed E-state index contributed by atoms with van der Waals surface area (Å²) in [6.45, 7) is 3.61. The third-order valence-electron chi connectivity index (χ3n) is 4.22. The molecule has 0 saturated heterocycles. The molecule has 2 N–H and O–H groups in total. The van der Waals surface area contributed by atoms with Crippen molar-refractivity contribution >= 4 is 28.9 Å². The molecule has 0 aliphatic heterocycles. The van der Waals surface area contributed by atoms with E-state index >= 15 is 0 Å². The zero-order valence-corrected chi connectivity index (χ0v) is 17.1. The first kappa shape index (κ1) is 22.7. The summed E-state index contributed by atoms with van der Waals surface area (Å²) in [6, 6.07) is 7.13. The molecule has 0 aromatic heterocycles. The van der Waals surface area contributed by atoms with E-state index in [1.165, 1.54) is 20.3 Å². The third-order valence-corrected chi connectivity index (χ3v) is 4.54. The number of rotatable bonds is 7. The molecule has 0 fully saturated rings. The number of carbonyl (C=O) groups excluding carboxylic acids is 1. The number of anilines is 2. The molecule has 1 atom stereocenters. The van der Waals surface area contributed by atoms with Crippen LogP contribution >= 0.6 is 11.6 Å². The summed E-state index contributed by atoms with van der Waals surface area (Å²) in [4.78, 5) is 12.8. The maximum atomic E-state index is 12.8. The van der Waals surface area contributed by atoms with Crippen molar-refractivity contribution in [1.29, 1.82) is 0 Å². The van der Waals surface area contributed by atoms with Gasteiger partial charge in [-0.05, 0) is 36.2 Å². The van der Waals surface area contributed by atoms with Crippen molar-refractivity contribution in [3.63, 3.8) is 0 Å². The van der Waals surface area contributed by atoms with Crippen molar-refractivity contribution in [2.45, 2.75) is 26.1 Å². The van der Waals surface area contributed by atoms with Crippen LogP contribution in [0.25, 0.3) is 0 Å². The van der Waals surface area contributed by atoms with Crippen LogP contribution in [0.2, 0.25) is 5.02 Å². The molecule has 2 aromatic carbocycles. The van der Waals surface area contributed by atoms with Gasteiger partial charge in [0.25, 0.3) is 0 Å². The highest BCUT2D eigenvalue weighted by molar-refractivity contribution is 6.33. The lowest BCUT2D eigenvalue weighted by molar-refractivity contribution is -0.137. The Bertz CT molecular complexity index is 873. The fraction of sp³-hybridized carbons (Fsp3) is 0.350. The Labute approximate surface area is 172 Å². The van der Waals surface area contributed by atoms with Gasteiger partial charge in [-0.25, -0.2) is 0 Å². The summed E-state index contributed by atoms with van der Waals surface area (Å²) < 4.78 is 48.9. The van der Waals surface area contributed by atoms with Crippen LogP contribution in [0.15, 0.2) is 36.4 Å². The van der Waals surface area contributed by atoms with Gasteiger partial charge in [0.05, 0.1) is 36.2 Å². The molecule has 9 heteroatoms. The lowest BCUT2D eigenvalue weighted by atomic mass is 10.0. The number of carbonyl (C=O) groups is 1. The van der Waals surface area contributed by atoms with Crippen molar-refractivity contribution in [3.05, 3.63) is 47.0 Å². The molecule has 2 aromatic rings. The number of hydrogen-bond donors (Lipinski definition) is 2. The van der Waals surface area contributed by atoms with E-state index in [0.29, 0.717) is 17.2 Å². The molecule has 5 nitrogen and oxygen atoms in total. The van der Waals surface area contributed by atoms with Crippen LogP contribution < -0.4 is 20.1 Å². The van der Waals surface area contributed by atoms with Gasteiger partial charge in [-0.2, -0.15) is 13.2 Å². The van der Waals surface area contributed by atoms with Gasteiger partial charge in [0.15, 0.2) is 0 Å². The van der Waals surface area contributed by atoms with Gasteiger partial charge in [-0.3, -0.25) is 4.79 Å². The SMILES string of the molecule is COc1ccc(NC(=O)[C@H](Nc2ccc(C(F)(F)F)cc2Cl)C(C)C)c(OC)c1. The predicted octanol–water partition coefficient (Wildman–Crippen LogP) is 5.45. The quantitative estimate of drug-likeness (QED) is 0.613. The second kappa shape index (κ2) is 9.26. The summed E-state index contributed by atoms with van der Waals surface area (Å²) in [5.41, 5.74) is -0.193. The second-order valence-corrected chi connectivity index (χ2v) is 7.02. The van der Waals surface area contributed by atoms with E-state index in [4.69, 9.17) is 21.1 Å². The highest BCUT2D eigenvalue weighted by Crippen LogP contribution is 2.34. The van der Waals surface area contributed by atoms with Crippen molar-refractivity contribution in [3.8, 4) is 11.5 Å². The third kappa shape index (κ3) is 5.69. The van der Waals surface area contributed by atoms with Crippen LogP contribution in [0.4, 0.5) is 24.5 Å². The minimum Gasteiger partial charge on any atom is -0.497 e. The number of hydrogen-bond acceptors (Lipinski definition) is 4. The average molecular weight is 431 g/mol. The number of halogens is 4. The molecular weight excluding hydrogens is 409 g/mol. The van der Waals surface area contributed by atoms with E-state index in [2.05, 4.69) is 10.6 Å². The first-order chi connectivity index (χ1) is 13.6. The molecule has 2 rings (SSSR count). The zero-order valence-electron chi connectivity index (χ0n) is 16.4.